The minimum absolute atomic E-state index is 0.542. The number of fused-ring (bicyclic) bond motifs is 1. The van der Waals surface area contributed by atoms with Gasteiger partial charge in [-0.05, 0) is 30.8 Å². The van der Waals surface area contributed by atoms with Crippen molar-refractivity contribution in [3.8, 4) is 0 Å². The normalized spacial score (nSPS) is 10.8. The van der Waals surface area contributed by atoms with Crippen LogP contribution in [0.3, 0.4) is 0 Å². The molecule has 1 N–H and O–H groups in total. The van der Waals surface area contributed by atoms with E-state index in [0.717, 1.165) is 17.8 Å². The maximum Gasteiger partial charge on any atom is 0.216 e. The molecule has 5 heteroatoms. The zero-order valence-electron chi connectivity index (χ0n) is 6.61. The van der Waals surface area contributed by atoms with Gasteiger partial charge in [0.25, 0.3) is 0 Å². The van der Waals surface area contributed by atoms with Gasteiger partial charge in [-0.15, -0.1) is 0 Å². The maximum atomic E-state index is 4.98. The number of aromatic amines is 1. The first kappa shape index (κ1) is 7.42. The van der Waals surface area contributed by atoms with Crippen molar-refractivity contribution < 1.29 is 0 Å². The fourth-order valence-electron chi connectivity index (χ4n) is 1.03. The van der Waals surface area contributed by atoms with Crippen LogP contribution in [0.5, 0.6) is 0 Å². The summed E-state index contributed by atoms with van der Waals surface area (Å²) in [5.74, 6) is 0. The predicted molar refractivity (Wildman–Crippen MR) is 47.5 cm³/mol. The highest BCUT2D eigenvalue weighted by molar-refractivity contribution is 7.71. The van der Waals surface area contributed by atoms with Crippen molar-refractivity contribution in [3.05, 3.63) is 22.6 Å². The van der Waals surface area contributed by atoms with Crippen LogP contribution < -0.4 is 0 Å². The Hall–Kier alpha value is -1.23. The van der Waals surface area contributed by atoms with E-state index in [9.17, 15) is 0 Å². The molecular formula is C7H8N4S. The van der Waals surface area contributed by atoms with E-state index in [2.05, 4.69) is 22.2 Å². The van der Waals surface area contributed by atoms with Crippen LogP contribution in [0, 0.1) is 4.77 Å². The van der Waals surface area contributed by atoms with Crippen LogP contribution in [0.2, 0.25) is 0 Å². The Morgan fingerprint density at radius 3 is 3.17 bits per heavy atom. The molecule has 0 saturated heterocycles. The van der Waals surface area contributed by atoms with Gasteiger partial charge < -0.3 is 0 Å². The van der Waals surface area contributed by atoms with E-state index in [-0.39, 0.29) is 0 Å². The predicted octanol–water partition coefficient (Wildman–Crippen LogP) is 1.35. The lowest BCUT2D eigenvalue weighted by atomic mass is 10.3. The average molecular weight is 180 g/mol. The zero-order chi connectivity index (χ0) is 8.55. The first-order chi connectivity index (χ1) is 5.81. The standard InChI is InChI=1S/C7H8N4S/c1-2-5-3-4-6-8-9-7(12)11(6)10-5/h3-4H,2H2,1H3,(H,9,12). The second-order valence-corrected chi connectivity index (χ2v) is 2.86. The van der Waals surface area contributed by atoms with E-state index in [4.69, 9.17) is 12.2 Å². The molecule has 0 unspecified atom stereocenters. The largest absolute Gasteiger partial charge is 0.250 e. The quantitative estimate of drug-likeness (QED) is 0.674. The Labute approximate surface area is 74.2 Å². The molecule has 0 fully saturated rings. The SMILES string of the molecule is CCc1ccc2n[nH]c(=S)n2n1. The average Bonchev–Trinajstić information content (AvgIpc) is 2.47. The van der Waals surface area contributed by atoms with Crippen molar-refractivity contribution in [3.63, 3.8) is 0 Å². The number of nitrogens with one attached hydrogen (secondary N) is 1. The molecule has 12 heavy (non-hydrogen) atoms. The Kier molecular flexibility index (Phi) is 1.65. The van der Waals surface area contributed by atoms with E-state index in [0.29, 0.717) is 4.77 Å². The Morgan fingerprint density at radius 1 is 1.58 bits per heavy atom. The van der Waals surface area contributed by atoms with E-state index in [1.54, 1.807) is 4.52 Å². The van der Waals surface area contributed by atoms with E-state index >= 15 is 0 Å². The number of aryl methyl sites for hydroxylation is 1. The Morgan fingerprint density at radius 2 is 2.42 bits per heavy atom. The summed E-state index contributed by atoms with van der Waals surface area (Å²) in [7, 11) is 0. The zero-order valence-corrected chi connectivity index (χ0v) is 7.43. The molecule has 0 bridgehead atoms. The topological polar surface area (TPSA) is 46.0 Å². The van der Waals surface area contributed by atoms with Gasteiger partial charge in [0.05, 0.1) is 5.69 Å². The van der Waals surface area contributed by atoms with E-state index in [1.807, 2.05) is 12.1 Å². The molecule has 0 aliphatic heterocycles. The van der Waals surface area contributed by atoms with Gasteiger partial charge in [0.2, 0.25) is 4.77 Å². The van der Waals surface area contributed by atoms with Gasteiger partial charge in [0.1, 0.15) is 0 Å². The molecule has 0 amide bonds. The lowest BCUT2D eigenvalue weighted by Crippen LogP contribution is -1.96. The van der Waals surface area contributed by atoms with Gasteiger partial charge in [0, 0.05) is 0 Å². The van der Waals surface area contributed by atoms with Gasteiger partial charge in [-0.2, -0.15) is 14.7 Å². The molecule has 0 saturated carbocycles. The first-order valence-corrected chi connectivity index (χ1v) is 4.15. The Bertz CT molecular complexity index is 456. The fourth-order valence-corrected chi connectivity index (χ4v) is 1.21. The molecule has 2 heterocycles. The van der Waals surface area contributed by atoms with Gasteiger partial charge in [-0.3, -0.25) is 0 Å². The molecule has 2 rings (SSSR count). The van der Waals surface area contributed by atoms with Crippen LogP contribution >= 0.6 is 12.2 Å². The fraction of sp³-hybridized carbons (Fsp3) is 0.286. The summed E-state index contributed by atoms with van der Waals surface area (Å²) in [5.41, 5.74) is 1.78. The van der Waals surface area contributed by atoms with Crippen LogP contribution in [0.4, 0.5) is 0 Å². The summed E-state index contributed by atoms with van der Waals surface area (Å²) in [4.78, 5) is 0. The lowest BCUT2D eigenvalue weighted by Gasteiger charge is -1.94. The highest BCUT2D eigenvalue weighted by Crippen LogP contribution is 2.00. The summed E-state index contributed by atoms with van der Waals surface area (Å²) in [6.45, 7) is 2.05. The van der Waals surface area contributed by atoms with Crippen molar-refractivity contribution >= 4 is 17.9 Å². The third kappa shape index (κ3) is 1.02. The van der Waals surface area contributed by atoms with Gasteiger partial charge in [-0.1, -0.05) is 6.92 Å². The number of H-pyrrole nitrogens is 1. The molecule has 4 nitrogen and oxygen atoms in total. The van der Waals surface area contributed by atoms with Crippen molar-refractivity contribution in [2.24, 2.45) is 0 Å². The molecule has 2 aromatic heterocycles. The number of hydrogen-bond acceptors (Lipinski definition) is 3. The molecule has 2 aromatic rings. The minimum atomic E-state index is 0.542. The molecular weight excluding hydrogens is 172 g/mol. The number of aromatic nitrogens is 4. The van der Waals surface area contributed by atoms with Crippen molar-refractivity contribution in [2.45, 2.75) is 13.3 Å². The summed E-state index contributed by atoms with van der Waals surface area (Å²) in [6, 6.07) is 3.85. The molecule has 0 spiro atoms. The van der Waals surface area contributed by atoms with E-state index in [1.165, 1.54) is 0 Å². The smallest absolute Gasteiger partial charge is 0.216 e. The molecule has 0 aromatic carbocycles. The van der Waals surface area contributed by atoms with Crippen LogP contribution in [0.15, 0.2) is 12.1 Å². The molecule has 0 aliphatic carbocycles. The van der Waals surface area contributed by atoms with Gasteiger partial charge in [0.15, 0.2) is 5.65 Å². The van der Waals surface area contributed by atoms with Crippen molar-refractivity contribution in [1.82, 2.24) is 19.8 Å². The highest BCUT2D eigenvalue weighted by Gasteiger charge is 1.97. The highest BCUT2D eigenvalue weighted by atomic mass is 32.1. The molecule has 0 aliphatic rings. The van der Waals surface area contributed by atoms with Crippen LogP contribution in [0.1, 0.15) is 12.6 Å². The summed E-state index contributed by atoms with van der Waals surface area (Å²) in [6.07, 6.45) is 0.906. The number of hydrogen-bond donors (Lipinski definition) is 1. The summed E-state index contributed by atoms with van der Waals surface area (Å²) >= 11 is 4.98. The molecule has 0 radical (unpaired) electrons. The number of rotatable bonds is 1. The third-order valence-corrected chi connectivity index (χ3v) is 1.96. The third-order valence-electron chi connectivity index (χ3n) is 1.69. The first-order valence-electron chi connectivity index (χ1n) is 3.74. The molecule has 62 valence electrons. The Balaban J connectivity index is 2.80. The monoisotopic (exact) mass is 180 g/mol. The summed E-state index contributed by atoms with van der Waals surface area (Å²) in [5, 5.41) is 10.9. The van der Waals surface area contributed by atoms with Crippen molar-refractivity contribution in [2.75, 3.05) is 0 Å². The van der Waals surface area contributed by atoms with Crippen LogP contribution in [-0.2, 0) is 6.42 Å². The van der Waals surface area contributed by atoms with Crippen LogP contribution in [-0.4, -0.2) is 19.8 Å². The van der Waals surface area contributed by atoms with Crippen LogP contribution in [0.25, 0.3) is 5.65 Å². The lowest BCUT2D eigenvalue weighted by molar-refractivity contribution is 0.846. The second kappa shape index (κ2) is 2.67. The maximum absolute atomic E-state index is 4.98. The second-order valence-electron chi connectivity index (χ2n) is 2.48. The van der Waals surface area contributed by atoms with Gasteiger partial charge in [-0.25, -0.2) is 5.10 Å². The molecule has 0 atom stereocenters. The minimum Gasteiger partial charge on any atom is -0.250 e. The van der Waals surface area contributed by atoms with E-state index < -0.39 is 0 Å². The van der Waals surface area contributed by atoms with Gasteiger partial charge >= 0.3 is 0 Å². The van der Waals surface area contributed by atoms with Crippen molar-refractivity contribution in [1.29, 1.82) is 0 Å². The number of nitrogens with zero attached hydrogens (tertiary/aromatic N) is 3. The summed E-state index contributed by atoms with van der Waals surface area (Å²) < 4.78 is 2.18.